The average Bonchev–Trinajstić information content (AvgIpc) is 2.94. The van der Waals surface area contributed by atoms with E-state index < -0.39 is 0 Å². The fraction of sp³-hybridized carbons (Fsp3) is 0.143. The Balaban J connectivity index is 1.94. The van der Waals surface area contributed by atoms with Crippen LogP contribution in [0, 0.1) is 0 Å². The van der Waals surface area contributed by atoms with Crippen LogP contribution in [-0.2, 0) is 6.42 Å². The standard InChI is InChI=1S/C21H18S/c1-2-6-15-11-13-16(14-12-15)17-8-5-10-20-21(17)18-7-3-4-9-19(18)22-20/h3-5,7-14H,2,6H2,1H3. The number of aryl methyl sites for hydroxylation is 1. The van der Waals surface area contributed by atoms with E-state index in [-0.39, 0.29) is 0 Å². The first-order valence-corrected chi connectivity index (χ1v) is 8.68. The molecule has 0 bridgehead atoms. The molecule has 1 heteroatoms. The van der Waals surface area contributed by atoms with Gasteiger partial charge in [-0.3, -0.25) is 0 Å². The van der Waals surface area contributed by atoms with Crippen molar-refractivity contribution in [2.45, 2.75) is 19.8 Å². The van der Waals surface area contributed by atoms with E-state index in [1.165, 1.54) is 43.3 Å². The first-order chi connectivity index (χ1) is 10.9. The van der Waals surface area contributed by atoms with Crippen LogP contribution in [-0.4, -0.2) is 0 Å². The van der Waals surface area contributed by atoms with E-state index >= 15 is 0 Å². The monoisotopic (exact) mass is 302 g/mol. The molecule has 0 nitrogen and oxygen atoms in total. The quantitative estimate of drug-likeness (QED) is 0.396. The summed E-state index contributed by atoms with van der Waals surface area (Å²) in [6, 6.07) is 24.4. The molecule has 0 aliphatic carbocycles. The van der Waals surface area contributed by atoms with Crippen LogP contribution < -0.4 is 0 Å². The lowest BCUT2D eigenvalue weighted by Crippen LogP contribution is -1.84. The Morgan fingerprint density at radius 3 is 2.36 bits per heavy atom. The largest absolute Gasteiger partial charge is 0.135 e. The van der Waals surface area contributed by atoms with Crippen molar-refractivity contribution < 1.29 is 0 Å². The maximum Gasteiger partial charge on any atom is 0.0361 e. The van der Waals surface area contributed by atoms with Crippen molar-refractivity contribution in [3.8, 4) is 11.1 Å². The van der Waals surface area contributed by atoms with Crippen LogP contribution in [0.3, 0.4) is 0 Å². The molecule has 0 fully saturated rings. The third-order valence-corrected chi connectivity index (χ3v) is 5.34. The van der Waals surface area contributed by atoms with E-state index in [2.05, 4.69) is 73.7 Å². The molecule has 0 atom stereocenters. The summed E-state index contributed by atoms with van der Waals surface area (Å²) in [5.74, 6) is 0. The molecule has 0 saturated carbocycles. The number of hydrogen-bond acceptors (Lipinski definition) is 1. The minimum Gasteiger partial charge on any atom is -0.135 e. The molecule has 0 aliphatic heterocycles. The smallest absolute Gasteiger partial charge is 0.0361 e. The van der Waals surface area contributed by atoms with E-state index in [4.69, 9.17) is 0 Å². The average molecular weight is 302 g/mol. The summed E-state index contributed by atoms with van der Waals surface area (Å²) < 4.78 is 2.74. The van der Waals surface area contributed by atoms with Gasteiger partial charge in [-0.2, -0.15) is 0 Å². The molecule has 0 radical (unpaired) electrons. The SMILES string of the molecule is CCCc1ccc(-c2cccc3sc4ccccc4c23)cc1. The van der Waals surface area contributed by atoms with Crippen LogP contribution in [0.25, 0.3) is 31.3 Å². The van der Waals surface area contributed by atoms with Gasteiger partial charge in [0, 0.05) is 20.2 Å². The maximum absolute atomic E-state index is 2.27. The lowest BCUT2D eigenvalue weighted by Gasteiger charge is -2.06. The second-order valence-electron chi connectivity index (χ2n) is 5.72. The zero-order valence-electron chi connectivity index (χ0n) is 12.7. The lowest BCUT2D eigenvalue weighted by molar-refractivity contribution is 0.922. The molecule has 0 unspecified atom stereocenters. The van der Waals surface area contributed by atoms with Crippen molar-refractivity contribution >= 4 is 31.5 Å². The Bertz CT molecular complexity index is 929. The highest BCUT2D eigenvalue weighted by atomic mass is 32.1. The summed E-state index contributed by atoms with van der Waals surface area (Å²) in [5, 5.41) is 2.77. The molecule has 0 spiro atoms. The highest BCUT2D eigenvalue weighted by molar-refractivity contribution is 7.25. The van der Waals surface area contributed by atoms with Gasteiger partial charge in [-0.1, -0.05) is 67.9 Å². The fourth-order valence-electron chi connectivity index (χ4n) is 3.15. The maximum atomic E-state index is 2.27. The number of rotatable bonds is 3. The zero-order valence-corrected chi connectivity index (χ0v) is 13.5. The van der Waals surface area contributed by atoms with E-state index in [9.17, 15) is 0 Å². The number of thiophene rings is 1. The fourth-order valence-corrected chi connectivity index (χ4v) is 4.29. The minimum atomic E-state index is 1.16. The number of benzene rings is 3. The highest BCUT2D eigenvalue weighted by Gasteiger charge is 2.10. The van der Waals surface area contributed by atoms with Gasteiger partial charge < -0.3 is 0 Å². The zero-order chi connectivity index (χ0) is 14.9. The molecule has 3 aromatic carbocycles. The Kier molecular flexibility index (Phi) is 3.44. The Morgan fingerprint density at radius 2 is 1.55 bits per heavy atom. The van der Waals surface area contributed by atoms with Crippen molar-refractivity contribution in [1.29, 1.82) is 0 Å². The molecule has 4 rings (SSSR count). The first kappa shape index (κ1) is 13.5. The third-order valence-electron chi connectivity index (χ3n) is 4.21. The van der Waals surface area contributed by atoms with Crippen LogP contribution in [0.5, 0.6) is 0 Å². The minimum absolute atomic E-state index is 1.16. The summed E-state index contributed by atoms with van der Waals surface area (Å²) >= 11 is 1.88. The van der Waals surface area contributed by atoms with Crippen LogP contribution >= 0.6 is 11.3 Å². The second kappa shape index (κ2) is 5.58. The van der Waals surface area contributed by atoms with E-state index in [1.807, 2.05) is 11.3 Å². The normalized spacial score (nSPS) is 11.3. The van der Waals surface area contributed by atoms with Crippen molar-refractivity contribution in [2.24, 2.45) is 0 Å². The number of hydrogen-bond donors (Lipinski definition) is 0. The van der Waals surface area contributed by atoms with Gasteiger partial charge in [0.1, 0.15) is 0 Å². The van der Waals surface area contributed by atoms with Crippen LogP contribution in [0.15, 0.2) is 66.7 Å². The predicted molar refractivity (Wildman–Crippen MR) is 98.8 cm³/mol. The van der Waals surface area contributed by atoms with Gasteiger partial charge in [0.25, 0.3) is 0 Å². The Labute approximate surface area is 135 Å². The van der Waals surface area contributed by atoms with E-state index in [1.54, 1.807) is 0 Å². The topological polar surface area (TPSA) is 0 Å². The van der Waals surface area contributed by atoms with Crippen LogP contribution in [0.4, 0.5) is 0 Å². The summed E-state index contributed by atoms with van der Waals surface area (Å²) in [6.45, 7) is 2.23. The predicted octanol–water partition coefficient (Wildman–Crippen LogP) is 6.67. The summed E-state index contributed by atoms with van der Waals surface area (Å²) in [6.07, 6.45) is 2.36. The van der Waals surface area contributed by atoms with Gasteiger partial charge in [0.15, 0.2) is 0 Å². The molecule has 4 aromatic rings. The third kappa shape index (κ3) is 2.22. The van der Waals surface area contributed by atoms with Crippen molar-refractivity contribution in [2.75, 3.05) is 0 Å². The van der Waals surface area contributed by atoms with Crippen molar-refractivity contribution in [1.82, 2.24) is 0 Å². The number of fused-ring (bicyclic) bond motifs is 3. The van der Waals surface area contributed by atoms with Gasteiger partial charge >= 0.3 is 0 Å². The van der Waals surface area contributed by atoms with Crippen molar-refractivity contribution in [3.05, 3.63) is 72.3 Å². The van der Waals surface area contributed by atoms with Gasteiger partial charge in [0.05, 0.1) is 0 Å². The highest BCUT2D eigenvalue weighted by Crippen LogP contribution is 2.39. The van der Waals surface area contributed by atoms with Gasteiger partial charge in [-0.05, 0) is 35.2 Å². The second-order valence-corrected chi connectivity index (χ2v) is 6.81. The van der Waals surface area contributed by atoms with Gasteiger partial charge in [0.2, 0.25) is 0 Å². The Hall–Kier alpha value is -2.12. The molecule has 0 aliphatic rings. The summed E-state index contributed by atoms with van der Waals surface area (Å²) in [4.78, 5) is 0. The molecule has 1 heterocycles. The molecule has 1 aromatic heterocycles. The molecule has 22 heavy (non-hydrogen) atoms. The Morgan fingerprint density at radius 1 is 0.773 bits per heavy atom. The molecular weight excluding hydrogens is 284 g/mol. The summed E-state index contributed by atoms with van der Waals surface area (Å²) in [5.41, 5.74) is 4.08. The van der Waals surface area contributed by atoms with E-state index in [0.29, 0.717) is 0 Å². The van der Waals surface area contributed by atoms with Gasteiger partial charge in [-0.15, -0.1) is 11.3 Å². The van der Waals surface area contributed by atoms with Crippen LogP contribution in [0.2, 0.25) is 0 Å². The molecule has 0 saturated heterocycles. The molecule has 0 amide bonds. The lowest BCUT2D eigenvalue weighted by atomic mass is 9.98. The van der Waals surface area contributed by atoms with Gasteiger partial charge in [-0.25, -0.2) is 0 Å². The summed E-state index contributed by atoms with van der Waals surface area (Å²) in [7, 11) is 0. The molecular formula is C21H18S. The van der Waals surface area contributed by atoms with Crippen LogP contribution in [0.1, 0.15) is 18.9 Å². The van der Waals surface area contributed by atoms with Crippen molar-refractivity contribution in [3.63, 3.8) is 0 Å². The molecule has 108 valence electrons. The van der Waals surface area contributed by atoms with E-state index in [0.717, 1.165) is 6.42 Å². The first-order valence-electron chi connectivity index (χ1n) is 7.86. The molecule has 0 N–H and O–H groups in total.